The zero-order valence-electron chi connectivity index (χ0n) is 25.7. The normalized spacial score (nSPS) is 12.9. The monoisotopic (exact) mass is 610 g/mol. The molecule has 1 aromatic carbocycles. The van der Waals surface area contributed by atoms with Gasteiger partial charge in [-0.1, -0.05) is 70.0 Å². The van der Waals surface area contributed by atoms with Crippen LogP contribution in [0.2, 0.25) is 0 Å². The van der Waals surface area contributed by atoms with Crippen molar-refractivity contribution in [3.63, 3.8) is 0 Å². The highest BCUT2D eigenvalue weighted by atomic mass is 32.2. The number of rotatable bonds is 13. The molecular formula is C32H42N4O6S. The van der Waals surface area contributed by atoms with E-state index in [-0.39, 0.29) is 22.7 Å². The van der Waals surface area contributed by atoms with E-state index >= 15 is 0 Å². The lowest BCUT2D eigenvalue weighted by molar-refractivity contribution is -0.135. The number of hydrogen-bond donors (Lipinski definition) is 2. The SMILES string of the molecule is CCCCC(C)(C)c1ccc(CC(NS(=O)(=O)c2ccccn2)c2cccc(N(CC(=O)O)C(=O)OC(C)(C)C)n2)cc1. The number of nitrogens with zero attached hydrogens (tertiary/aromatic N) is 3. The van der Waals surface area contributed by atoms with Gasteiger partial charge in [0.15, 0.2) is 5.03 Å². The maximum Gasteiger partial charge on any atom is 0.416 e. The molecule has 3 aromatic rings. The molecule has 2 aromatic heterocycles. The number of carbonyl (C=O) groups excluding carboxylic acids is 1. The van der Waals surface area contributed by atoms with Crippen molar-refractivity contribution in [2.24, 2.45) is 0 Å². The van der Waals surface area contributed by atoms with Crippen molar-refractivity contribution in [1.82, 2.24) is 14.7 Å². The van der Waals surface area contributed by atoms with Gasteiger partial charge in [0.05, 0.1) is 11.7 Å². The Hall–Kier alpha value is -3.83. The fraction of sp³-hybridized carbons (Fsp3) is 0.438. The molecule has 11 heteroatoms. The second-order valence-corrected chi connectivity index (χ2v) is 13.8. The molecule has 0 fully saturated rings. The third-order valence-electron chi connectivity index (χ3n) is 6.84. The molecule has 0 saturated carbocycles. The fourth-order valence-corrected chi connectivity index (χ4v) is 5.68. The largest absolute Gasteiger partial charge is 0.480 e. The molecule has 0 aliphatic carbocycles. The van der Waals surface area contributed by atoms with Gasteiger partial charge in [-0.15, -0.1) is 0 Å². The Balaban J connectivity index is 2.01. The maximum absolute atomic E-state index is 13.4. The lowest BCUT2D eigenvalue weighted by Gasteiger charge is -2.27. The summed E-state index contributed by atoms with van der Waals surface area (Å²) in [7, 11) is -4.06. The van der Waals surface area contributed by atoms with Crippen LogP contribution in [0.4, 0.5) is 10.6 Å². The summed E-state index contributed by atoms with van der Waals surface area (Å²) in [6.45, 7) is 10.9. The van der Waals surface area contributed by atoms with E-state index in [2.05, 4.69) is 47.6 Å². The Morgan fingerprint density at radius 2 is 1.70 bits per heavy atom. The van der Waals surface area contributed by atoms with Gasteiger partial charge < -0.3 is 9.84 Å². The number of hydrogen-bond acceptors (Lipinski definition) is 7. The van der Waals surface area contributed by atoms with E-state index < -0.39 is 40.3 Å². The van der Waals surface area contributed by atoms with Crippen LogP contribution in [0.5, 0.6) is 0 Å². The molecule has 0 aliphatic rings. The number of benzene rings is 1. The van der Waals surface area contributed by atoms with Gasteiger partial charge in [-0.05, 0) is 74.4 Å². The number of aromatic nitrogens is 2. The van der Waals surface area contributed by atoms with Crippen molar-refractivity contribution in [2.75, 3.05) is 11.4 Å². The summed E-state index contributed by atoms with van der Waals surface area (Å²) in [6, 6.07) is 16.5. The van der Waals surface area contributed by atoms with Gasteiger partial charge in [0.25, 0.3) is 10.0 Å². The maximum atomic E-state index is 13.4. The van der Waals surface area contributed by atoms with Crippen LogP contribution in [0.25, 0.3) is 0 Å². The van der Waals surface area contributed by atoms with Crippen LogP contribution >= 0.6 is 0 Å². The lowest BCUT2D eigenvalue weighted by atomic mass is 9.80. The third kappa shape index (κ3) is 9.86. The van der Waals surface area contributed by atoms with E-state index in [4.69, 9.17) is 4.74 Å². The molecular weight excluding hydrogens is 568 g/mol. The van der Waals surface area contributed by atoms with E-state index in [1.54, 1.807) is 45.0 Å². The van der Waals surface area contributed by atoms with Gasteiger partial charge >= 0.3 is 12.1 Å². The van der Waals surface area contributed by atoms with Crippen LogP contribution in [-0.2, 0) is 31.4 Å². The Bertz CT molecular complexity index is 1490. The quantitative estimate of drug-likeness (QED) is 0.239. The second-order valence-electron chi connectivity index (χ2n) is 12.1. The first-order valence-electron chi connectivity index (χ1n) is 14.3. The molecule has 0 aliphatic heterocycles. The molecule has 2 heterocycles. The second kappa shape index (κ2) is 14.1. The molecule has 0 radical (unpaired) electrons. The fourth-order valence-electron chi connectivity index (χ4n) is 4.53. The average molecular weight is 611 g/mol. The van der Waals surface area contributed by atoms with Crippen LogP contribution in [-0.4, -0.2) is 47.7 Å². The van der Waals surface area contributed by atoms with E-state index in [0.29, 0.717) is 5.69 Å². The molecule has 43 heavy (non-hydrogen) atoms. The molecule has 232 valence electrons. The molecule has 0 spiro atoms. The van der Waals surface area contributed by atoms with Crippen molar-refractivity contribution >= 4 is 27.9 Å². The minimum atomic E-state index is -4.06. The summed E-state index contributed by atoms with van der Waals surface area (Å²) in [6.07, 6.45) is 4.04. The third-order valence-corrected chi connectivity index (χ3v) is 8.22. The lowest BCUT2D eigenvalue weighted by Crippen LogP contribution is -2.40. The van der Waals surface area contributed by atoms with E-state index in [1.807, 2.05) is 12.1 Å². The van der Waals surface area contributed by atoms with E-state index in [1.165, 1.54) is 23.9 Å². The smallest absolute Gasteiger partial charge is 0.416 e. The standard InChI is InChI=1S/C32H42N4O6S/c1-7-8-19-32(5,6)24-17-15-23(16-18-24)21-26(35-43(40,41)28-14-9-10-20-33-28)25-12-11-13-27(34-25)36(22-29(37)38)30(39)42-31(2,3)4/h9-18,20,26,35H,7-8,19,21-22H2,1-6H3,(H,37,38). The first-order chi connectivity index (χ1) is 20.1. The zero-order valence-corrected chi connectivity index (χ0v) is 26.5. The summed E-state index contributed by atoms with van der Waals surface area (Å²) in [5.41, 5.74) is 1.48. The first-order valence-corrected chi connectivity index (χ1v) is 15.8. The zero-order chi connectivity index (χ0) is 31.8. The van der Waals surface area contributed by atoms with Gasteiger partial charge in [0.2, 0.25) is 0 Å². The summed E-state index contributed by atoms with van der Waals surface area (Å²) in [4.78, 5) is 34.0. The summed E-state index contributed by atoms with van der Waals surface area (Å²) >= 11 is 0. The summed E-state index contributed by atoms with van der Waals surface area (Å²) in [5, 5.41) is 9.35. The van der Waals surface area contributed by atoms with Crippen LogP contribution in [0, 0.1) is 0 Å². The first kappa shape index (κ1) is 33.7. The van der Waals surface area contributed by atoms with Gasteiger partial charge in [-0.3, -0.25) is 9.69 Å². The molecule has 10 nitrogen and oxygen atoms in total. The Kier molecular flexibility index (Phi) is 11.0. The molecule has 1 atom stereocenters. The number of nitrogens with one attached hydrogen (secondary N) is 1. The molecule has 1 amide bonds. The van der Waals surface area contributed by atoms with E-state index in [0.717, 1.165) is 29.7 Å². The number of amides is 1. The summed E-state index contributed by atoms with van der Waals surface area (Å²) < 4.78 is 34.8. The Morgan fingerprint density at radius 3 is 2.28 bits per heavy atom. The average Bonchev–Trinajstić information content (AvgIpc) is 2.94. The number of carboxylic acid groups (broad SMARTS) is 1. The van der Waals surface area contributed by atoms with Gasteiger partial charge in [-0.25, -0.2) is 27.9 Å². The van der Waals surface area contributed by atoms with Crippen molar-refractivity contribution < 1.29 is 27.9 Å². The van der Waals surface area contributed by atoms with Crippen molar-refractivity contribution in [3.05, 3.63) is 83.7 Å². The predicted octanol–water partition coefficient (Wildman–Crippen LogP) is 6.03. The Morgan fingerprint density at radius 1 is 1.00 bits per heavy atom. The number of carbonyl (C=O) groups is 2. The number of aliphatic carboxylic acids is 1. The van der Waals surface area contributed by atoms with Crippen LogP contribution < -0.4 is 9.62 Å². The molecule has 1 unspecified atom stereocenters. The number of pyridine rings is 2. The Labute approximate surface area is 254 Å². The van der Waals surface area contributed by atoms with Gasteiger partial charge in [0.1, 0.15) is 18.0 Å². The molecule has 0 saturated heterocycles. The number of sulfonamides is 1. The number of anilines is 1. The van der Waals surface area contributed by atoms with Gasteiger partial charge in [0, 0.05) is 6.20 Å². The highest BCUT2D eigenvalue weighted by molar-refractivity contribution is 7.89. The molecule has 3 rings (SSSR count). The molecule has 0 bridgehead atoms. The minimum absolute atomic E-state index is 0.000338. The van der Waals surface area contributed by atoms with Crippen LogP contribution in [0.1, 0.15) is 83.7 Å². The number of carboxylic acids is 1. The van der Waals surface area contributed by atoms with Crippen LogP contribution in [0.3, 0.4) is 0 Å². The highest BCUT2D eigenvalue weighted by Gasteiger charge is 2.29. The number of unbranched alkanes of at least 4 members (excludes halogenated alkanes) is 1. The predicted molar refractivity (Wildman–Crippen MR) is 165 cm³/mol. The van der Waals surface area contributed by atoms with E-state index in [9.17, 15) is 23.1 Å². The number of ether oxygens (including phenoxy) is 1. The van der Waals surface area contributed by atoms with Crippen molar-refractivity contribution in [1.29, 1.82) is 0 Å². The highest BCUT2D eigenvalue weighted by Crippen LogP contribution is 2.30. The minimum Gasteiger partial charge on any atom is -0.480 e. The molecule has 2 N–H and O–H groups in total. The van der Waals surface area contributed by atoms with Crippen LogP contribution in [0.15, 0.2) is 71.9 Å². The topological polar surface area (TPSA) is 139 Å². The summed E-state index contributed by atoms with van der Waals surface area (Å²) in [5.74, 6) is -1.24. The van der Waals surface area contributed by atoms with Crippen molar-refractivity contribution in [2.45, 2.75) is 89.3 Å². The van der Waals surface area contributed by atoms with Gasteiger partial charge in [-0.2, -0.15) is 0 Å². The van der Waals surface area contributed by atoms with Crippen molar-refractivity contribution in [3.8, 4) is 0 Å².